The molecule has 2 heteroatoms. The van der Waals surface area contributed by atoms with Gasteiger partial charge in [0.15, 0.2) is 0 Å². The maximum Gasteiger partial charge on any atom is 0.0603 e. The van der Waals surface area contributed by atoms with E-state index in [0.717, 1.165) is 6.42 Å². The molecule has 1 heterocycles. The van der Waals surface area contributed by atoms with E-state index in [9.17, 15) is 0 Å². The number of nitrogens with one attached hydrogen (secondary N) is 1. The minimum Gasteiger partial charge on any atom is -0.360 e. The third-order valence-electron chi connectivity index (χ3n) is 2.45. The lowest BCUT2D eigenvalue weighted by molar-refractivity contribution is 1.15. The van der Waals surface area contributed by atoms with Crippen LogP contribution in [0.3, 0.4) is 0 Å². The van der Waals surface area contributed by atoms with E-state index in [1.54, 1.807) is 0 Å². The van der Waals surface area contributed by atoms with Crippen molar-refractivity contribution in [3.63, 3.8) is 0 Å². The van der Waals surface area contributed by atoms with E-state index in [-0.39, 0.29) is 0 Å². The zero-order valence-electron chi connectivity index (χ0n) is 7.82. The normalized spacial score (nSPS) is 11.0. The maximum atomic E-state index is 3.59. The predicted octanol–water partition coefficient (Wildman–Crippen LogP) is 3.80. The highest BCUT2D eigenvalue weighted by molar-refractivity contribution is 9.10. The number of halogens is 1. The number of fused-ring (bicyclic) bond motifs is 1. The summed E-state index contributed by atoms with van der Waals surface area (Å²) in [7, 11) is 0. The molecular weight excluding hydrogens is 226 g/mol. The Morgan fingerprint density at radius 2 is 2.15 bits per heavy atom. The molecule has 1 aromatic heterocycles. The first-order valence-corrected chi connectivity index (χ1v) is 5.28. The average Bonchev–Trinajstić information content (AvgIpc) is 2.55. The Balaban J connectivity index is 2.81. The molecule has 68 valence electrons. The SMILES string of the molecule is CCc1c[nH]c2c(Br)c(C)ccc12. The first kappa shape index (κ1) is 8.82. The van der Waals surface area contributed by atoms with E-state index in [0.29, 0.717) is 0 Å². The Bertz CT molecular complexity index is 443. The molecular formula is C11H12BrN. The average molecular weight is 238 g/mol. The number of benzene rings is 1. The van der Waals surface area contributed by atoms with Gasteiger partial charge in [-0.2, -0.15) is 0 Å². The van der Waals surface area contributed by atoms with Gasteiger partial charge < -0.3 is 4.98 Å². The highest BCUT2D eigenvalue weighted by Crippen LogP contribution is 2.28. The summed E-state index contributed by atoms with van der Waals surface area (Å²) >= 11 is 3.59. The van der Waals surface area contributed by atoms with Crippen LogP contribution < -0.4 is 0 Å². The zero-order chi connectivity index (χ0) is 9.42. The van der Waals surface area contributed by atoms with Crippen LogP contribution in [0.25, 0.3) is 10.9 Å². The van der Waals surface area contributed by atoms with Crippen LogP contribution in [0.4, 0.5) is 0 Å². The van der Waals surface area contributed by atoms with Crippen molar-refractivity contribution < 1.29 is 0 Å². The summed E-state index contributed by atoms with van der Waals surface area (Å²) in [6.07, 6.45) is 3.17. The molecule has 0 aliphatic heterocycles. The molecule has 0 amide bonds. The monoisotopic (exact) mass is 237 g/mol. The Labute approximate surface area is 86.3 Å². The molecule has 0 radical (unpaired) electrons. The van der Waals surface area contributed by atoms with Gasteiger partial charge in [0.2, 0.25) is 0 Å². The van der Waals surface area contributed by atoms with Gasteiger partial charge in [0.05, 0.1) is 5.52 Å². The van der Waals surface area contributed by atoms with Crippen molar-refractivity contribution in [2.45, 2.75) is 20.3 Å². The quantitative estimate of drug-likeness (QED) is 0.777. The topological polar surface area (TPSA) is 15.8 Å². The van der Waals surface area contributed by atoms with Crippen LogP contribution >= 0.6 is 15.9 Å². The molecule has 2 aromatic rings. The molecule has 0 bridgehead atoms. The first-order valence-electron chi connectivity index (χ1n) is 4.49. The minimum atomic E-state index is 1.08. The molecule has 1 N–H and O–H groups in total. The number of hydrogen-bond donors (Lipinski definition) is 1. The van der Waals surface area contributed by atoms with Gasteiger partial charge in [-0.25, -0.2) is 0 Å². The molecule has 0 spiro atoms. The summed E-state index contributed by atoms with van der Waals surface area (Å²) in [5, 5.41) is 1.33. The van der Waals surface area contributed by atoms with Crippen LogP contribution in [-0.4, -0.2) is 4.98 Å². The lowest BCUT2D eigenvalue weighted by atomic mass is 10.1. The molecule has 0 saturated carbocycles. The fourth-order valence-corrected chi connectivity index (χ4v) is 2.08. The summed E-state index contributed by atoms with van der Waals surface area (Å²) in [6, 6.07) is 4.34. The van der Waals surface area contributed by atoms with Crippen LogP contribution in [-0.2, 0) is 6.42 Å². The van der Waals surface area contributed by atoms with E-state index in [2.05, 4.69) is 53.1 Å². The number of H-pyrrole nitrogens is 1. The number of aryl methyl sites for hydroxylation is 2. The highest BCUT2D eigenvalue weighted by atomic mass is 79.9. The van der Waals surface area contributed by atoms with Crippen molar-refractivity contribution in [3.05, 3.63) is 33.9 Å². The molecule has 0 aliphatic carbocycles. The number of hydrogen-bond acceptors (Lipinski definition) is 0. The van der Waals surface area contributed by atoms with Crippen LogP contribution in [0.5, 0.6) is 0 Å². The second kappa shape index (κ2) is 3.18. The smallest absolute Gasteiger partial charge is 0.0603 e. The van der Waals surface area contributed by atoms with E-state index in [4.69, 9.17) is 0 Å². The second-order valence-corrected chi connectivity index (χ2v) is 4.08. The van der Waals surface area contributed by atoms with Crippen molar-refractivity contribution >= 4 is 26.8 Å². The number of aromatic amines is 1. The van der Waals surface area contributed by atoms with Gasteiger partial charge in [0, 0.05) is 16.1 Å². The van der Waals surface area contributed by atoms with E-state index in [1.807, 2.05) is 0 Å². The van der Waals surface area contributed by atoms with Gasteiger partial charge in [-0.1, -0.05) is 19.1 Å². The van der Waals surface area contributed by atoms with Gasteiger partial charge in [-0.3, -0.25) is 0 Å². The van der Waals surface area contributed by atoms with Crippen molar-refractivity contribution in [3.8, 4) is 0 Å². The Morgan fingerprint density at radius 3 is 2.85 bits per heavy atom. The van der Waals surface area contributed by atoms with Gasteiger partial charge in [-0.15, -0.1) is 0 Å². The van der Waals surface area contributed by atoms with Crippen LogP contribution in [0.15, 0.2) is 22.8 Å². The number of rotatable bonds is 1. The second-order valence-electron chi connectivity index (χ2n) is 3.29. The van der Waals surface area contributed by atoms with Gasteiger partial charge >= 0.3 is 0 Å². The van der Waals surface area contributed by atoms with Crippen LogP contribution in [0.2, 0.25) is 0 Å². The summed E-state index contributed by atoms with van der Waals surface area (Å²) in [5.74, 6) is 0. The first-order chi connectivity index (χ1) is 6.24. The van der Waals surface area contributed by atoms with Crippen molar-refractivity contribution in [2.24, 2.45) is 0 Å². The minimum absolute atomic E-state index is 1.08. The maximum absolute atomic E-state index is 3.59. The fraction of sp³-hybridized carbons (Fsp3) is 0.273. The van der Waals surface area contributed by atoms with Crippen molar-refractivity contribution in [1.82, 2.24) is 4.98 Å². The summed E-state index contributed by atoms with van der Waals surface area (Å²) in [6.45, 7) is 4.28. The van der Waals surface area contributed by atoms with Gasteiger partial charge in [0.25, 0.3) is 0 Å². The summed E-state index contributed by atoms with van der Waals surface area (Å²) in [5.41, 5.74) is 3.88. The molecule has 13 heavy (non-hydrogen) atoms. The Kier molecular flexibility index (Phi) is 2.16. The summed E-state index contributed by atoms with van der Waals surface area (Å²) in [4.78, 5) is 3.30. The van der Waals surface area contributed by atoms with Crippen LogP contribution in [0.1, 0.15) is 18.1 Å². The third kappa shape index (κ3) is 1.29. The predicted molar refractivity (Wildman–Crippen MR) is 60.1 cm³/mol. The van der Waals surface area contributed by atoms with Crippen LogP contribution in [0, 0.1) is 6.92 Å². The number of aromatic nitrogens is 1. The largest absolute Gasteiger partial charge is 0.360 e. The lowest BCUT2D eigenvalue weighted by Gasteiger charge is -1.99. The van der Waals surface area contributed by atoms with Gasteiger partial charge in [-0.05, 0) is 40.4 Å². The van der Waals surface area contributed by atoms with E-state index >= 15 is 0 Å². The Hall–Kier alpha value is -0.760. The molecule has 0 atom stereocenters. The molecule has 2 rings (SSSR count). The zero-order valence-corrected chi connectivity index (χ0v) is 9.40. The van der Waals surface area contributed by atoms with Crippen molar-refractivity contribution in [2.75, 3.05) is 0 Å². The molecule has 1 nitrogen and oxygen atoms in total. The third-order valence-corrected chi connectivity index (χ3v) is 3.47. The van der Waals surface area contributed by atoms with E-state index < -0.39 is 0 Å². The molecule has 0 aliphatic rings. The molecule has 0 fully saturated rings. The summed E-state index contributed by atoms with van der Waals surface area (Å²) < 4.78 is 1.18. The van der Waals surface area contributed by atoms with Gasteiger partial charge in [0.1, 0.15) is 0 Å². The standard InChI is InChI=1S/C11H12BrN/c1-3-8-6-13-11-9(8)5-4-7(2)10(11)12/h4-6,13H,3H2,1-2H3. The van der Waals surface area contributed by atoms with E-state index in [1.165, 1.54) is 26.5 Å². The highest BCUT2D eigenvalue weighted by Gasteiger charge is 2.05. The lowest BCUT2D eigenvalue weighted by Crippen LogP contribution is -1.79. The Morgan fingerprint density at radius 1 is 1.38 bits per heavy atom. The molecule has 0 saturated heterocycles. The van der Waals surface area contributed by atoms with Crippen molar-refractivity contribution in [1.29, 1.82) is 0 Å². The molecule has 0 unspecified atom stereocenters. The fourth-order valence-electron chi connectivity index (χ4n) is 1.62. The molecule has 1 aromatic carbocycles.